The van der Waals surface area contributed by atoms with Crippen LogP contribution in [0.1, 0.15) is 28.9 Å². The van der Waals surface area contributed by atoms with Crippen molar-refractivity contribution in [3.05, 3.63) is 34.9 Å². The van der Waals surface area contributed by atoms with Gasteiger partial charge in [-0.05, 0) is 19.9 Å². The van der Waals surface area contributed by atoms with E-state index in [1.54, 1.807) is 18.5 Å². The number of aromatic nitrogens is 3. The van der Waals surface area contributed by atoms with Crippen LogP contribution in [0.5, 0.6) is 0 Å². The van der Waals surface area contributed by atoms with E-state index in [1.165, 1.54) is 11.3 Å². The number of thiazole rings is 1. The number of carbonyl (C=O) groups is 1. The Morgan fingerprint density at radius 3 is 3.05 bits per heavy atom. The molecular formula is C12H14N4O2S. The third-order valence-electron chi connectivity index (χ3n) is 2.24. The number of ether oxygens (including phenoxy) is 1. The maximum Gasteiger partial charge on any atom is 0.357 e. The molecule has 2 aromatic rings. The minimum absolute atomic E-state index is 0.327. The number of nitrogens with one attached hydrogen (secondary N) is 1. The smallest absolute Gasteiger partial charge is 0.357 e. The van der Waals surface area contributed by atoms with Gasteiger partial charge < -0.3 is 10.1 Å². The number of hydrogen-bond donors (Lipinski definition) is 1. The second-order valence-corrected chi connectivity index (χ2v) is 4.57. The monoisotopic (exact) mass is 278 g/mol. The minimum Gasteiger partial charge on any atom is -0.461 e. The number of esters is 1. The van der Waals surface area contributed by atoms with Gasteiger partial charge in [0.15, 0.2) is 10.8 Å². The summed E-state index contributed by atoms with van der Waals surface area (Å²) in [4.78, 5) is 23.9. The maximum absolute atomic E-state index is 11.5. The van der Waals surface area contributed by atoms with Gasteiger partial charge in [0.1, 0.15) is 5.82 Å². The molecule has 7 heteroatoms. The van der Waals surface area contributed by atoms with Crippen molar-refractivity contribution >= 4 is 22.4 Å². The Balaban J connectivity index is 1.95. The Labute approximate surface area is 114 Å². The van der Waals surface area contributed by atoms with Gasteiger partial charge in [-0.15, -0.1) is 11.3 Å². The molecule has 0 aliphatic heterocycles. The van der Waals surface area contributed by atoms with E-state index in [1.807, 2.05) is 13.0 Å². The molecule has 0 aliphatic carbocycles. The van der Waals surface area contributed by atoms with Gasteiger partial charge in [0.25, 0.3) is 0 Å². The van der Waals surface area contributed by atoms with E-state index in [2.05, 4.69) is 20.3 Å². The summed E-state index contributed by atoms with van der Waals surface area (Å²) in [5, 5.41) is 5.45. The highest BCUT2D eigenvalue weighted by molar-refractivity contribution is 7.13. The van der Waals surface area contributed by atoms with Gasteiger partial charge in [-0.3, -0.25) is 0 Å². The van der Waals surface area contributed by atoms with Crippen LogP contribution in [0.15, 0.2) is 17.6 Å². The van der Waals surface area contributed by atoms with Gasteiger partial charge >= 0.3 is 5.97 Å². The molecule has 6 nitrogen and oxygen atoms in total. The largest absolute Gasteiger partial charge is 0.461 e. The standard InChI is InChI=1S/C12H14N4O2S/c1-3-18-11(17)10-7-19-12(16-10)14-6-9-4-5-13-8(2)15-9/h4-5,7H,3,6H2,1-2H3,(H,14,16). The normalized spacial score (nSPS) is 10.2. The first kappa shape index (κ1) is 13.4. The fourth-order valence-electron chi connectivity index (χ4n) is 1.42. The third-order valence-corrected chi connectivity index (χ3v) is 3.04. The Morgan fingerprint density at radius 2 is 2.32 bits per heavy atom. The molecule has 2 aromatic heterocycles. The molecule has 0 aromatic carbocycles. The average molecular weight is 278 g/mol. The van der Waals surface area contributed by atoms with Crippen LogP contribution in [0.25, 0.3) is 0 Å². The topological polar surface area (TPSA) is 77.0 Å². The van der Waals surface area contributed by atoms with Gasteiger partial charge in [0, 0.05) is 11.6 Å². The van der Waals surface area contributed by atoms with E-state index in [0.717, 1.165) is 11.5 Å². The fraction of sp³-hybridized carbons (Fsp3) is 0.333. The SMILES string of the molecule is CCOC(=O)c1csc(NCc2ccnc(C)n2)n1. The van der Waals surface area contributed by atoms with E-state index < -0.39 is 5.97 Å². The van der Waals surface area contributed by atoms with E-state index in [9.17, 15) is 4.79 Å². The van der Waals surface area contributed by atoms with E-state index in [0.29, 0.717) is 24.0 Å². The summed E-state index contributed by atoms with van der Waals surface area (Å²) in [6, 6.07) is 1.83. The van der Waals surface area contributed by atoms with Crippen molar-refractivity contribution < 1.29 is 9.53 Å². The Morgan fingerprint density at radius 1 is 1.47 bits per heavy atom. The predicted octanol–water partition coefficient (Wildman–Crippen LogP) is 2.03. The van der Waals surface area contributed by atoms with Crippen molar-refractivity contribution in [1.82, 2.24) is 15.0 Å². The molecule has 0 atom stereocenters. The molecule has 0 aliphatic rings. The highest BCUT2D eigenvalue weighted by Crippen LogP contribution is 2.16. The van der Waals surface area contributed by atoms with Crippen LogP contribution in [-0.4, -0.2) is 27.5 Å². The number of rotatable bonds is 5. The van der Waals surface area contributed by atoms with Gasteiger partial charge in [-0.25, -0.2) is 19.7 Å². The molecule has 2 rings (SSSR count). The van der Waals surface area contributed by atoms with Crippen LogP contribution in [0, 0.1) is 6.92 Å². The van der Waals surface area contributed by atoms with Crippen LogP contribution in [-0.2, 0) is 11.3 Å². The molecule has 1 N–H and O–H groups in total. The fourth-order valence-corrected chi connectivity index (χ4v) is 2.10. The van der Waals surface area contributed by atoms with Crippen molar-refractivity contribution in [2.45, 2.75) is 20.4 Å². The summed E-state index contributed by atoms with van der Waals surface area (Å²) >= 11 is 1.36. The van der Waals surface area contributed by atoms with E-state index in [-0.39, 0.29) is 0 Å². The first-order chi connectivity index (χ1) is 9.19. The lowest BCUT2D eigenvalue weighted by atomic mass is 10.4. The quantitative estimate of drug-likeness (QED) is 0.843. The van der Waals surface area contributed by atoms with Crippen molar-refractivity contribution in [1.29, 1.82) is 0 Å². The van der Waals surface area contributed by atoms with Gasteiger partial charge in [0.05, 0.1) is 18.8 Å². The first-order valence-corrected chi connectivity index (χ1v) is 6.72. The second-order valence-electron chi connectivity index (χ2n) is 3.71. The van der Waals surface area contributed by atoms with Crippen molar-refractivity contribution in [2.24, 2.45) is 0 Å². The van der Waals surface area contributed by atoms with Crippen LogP contribution >= 0.6 is 11.3 Å². The summed E-state index contributed by atoms with van der Waals surface area (Å²) < 4.78 is 4.88. The lowest BCUT2D eigenvalue weighted by Crippen LogP contribution is -2.06. The molecule has 0 radical (unpaired) electrons. The number of hydrogen-bond acceptors (Lipinski definition) is 7. The minimum atomic E-state index is -0.398. The number of aryl methyl sites for hydroxylation is 1. The summed E-state index contributed by atoms with van der Waals surface area (Å²) in [6.07, 6.45) is 1.71. The average Bonchev–Trinajstić information content (AvgIpc) is 2.86. The molecule has 19 heavy (non-hydrogen) atoms. The molecular weight excluding hydrogens is 264 g/mol. The zero-order valence-corrected chi connectivity index (χ0v) is 11.5. The van der Waals surface area contributed by atoms with E-state index in [4.69, 9.17) is 4.74 Å². The number of nitrogens with zero attached hydrogens (tertiary/aromatic N) is 3. The summed E-state index contributed by atoms with van der Waals surface area (Å²) in [5.41, 5.74) is 1.20. The number of carbonyl (C=O) groups excluding carboxylic acids is 1. The summed E-state index contributed by atoms with van der Waals surface area (Å²) in [6.45, 7) is 4.49. The molecule has 2 heterocycles. The Hall–Kier alpha value is -2.02. The van der Waals surface area contributed by atoms with Crippen LogP contribution in [0.3, 0.4) is 0 Å². The summed E-state index contributed by atoms with van der Waals surface area (Å²) in [5.74, 6) is 0.329. The third kappa shape index (κ3) is 3.72. The molecule has 0 spiro atoms. The predicted molar refractivity (Wildman–Crippen MR) is 72.2 cm³/mol. The van der Waals surface area contributed by atoms with Gasteiger partial charge in [0.2, 0.25) is 0 Å². The Kier molecular flexibility index (Phi) is 4.40. The molecule has 0 saturated carbocycles. The van der Waals surface area contributed by atoms with Crippen molar-refractivity contribution in [3.63, 3.8) is 0 Å². The van der Waals surface area contributed by atoms with Crippen LogP contribution < -0.4 is 5.32 Å². The zero-order valence-electron chi connectivity index (χ0n) is 10.7. The molecule has 0 fully saturated rings. The van der Waals surface area contributed by atoms with Gasteiger partial charge in [-0.2, -0.15) is 0 Å². The highest BCUT2D eigenvalue weighted by Gasteiger charge is 2.11. The van der Waals surface area contributed by atoms with Crippen molar-refractivity contribution in [3.8, 4) is 0 Å². The first-order valence-electron chi connectivity index (χ1n) is 5.84. The Bertz CT molecular complexity index is 570. The zero-order chi connectivity index (χ0) is 13.7. The van der Waals surface area contributed by atoms with Gasteiger partial charge in [-0.1, -0.05) is 0 Å². The molecule has 0 saturated heterocycles. The number of anilines is 1. The lowest BCUT2D eigenvalue weighted by molar-refractivity contribution is 0.0520. The molecule has 0 bridgehead atoms. The van der Waals surface area contributed by atoms with E-state index >= 15 is 0 Å². The lowest BCUT2D eigenvalue weighted by Gasteiger charge is -2.02. The summed E-state index contributed by atoms with van der Waals surface area (Å²) in [7, 11) is 0. The second kappa shape index (κ2) is 6.24. The van der Waals surface area contributed by atoms with Crippen molar-refractivity contribution in [2.75, 3.05) is 11.9 Å². The maximum atomic E-state index is 11.5. The van der Waals surface area contributed by atoms with Crippen LogP contribution in [0.4, 0.5) is 5.13 Å². The molecule has 0 amide bonds. The molecule has 0 unspecified atom stereocenters. The molecule has 100 valence electrons. The van der Waals surface area contributed by atoms with Crippen LogP contribution in [0.2, 0.25) is 0 Å². The highest BCUT2D eigenvalue weighted by atomic mass is 32.1.